The fourth-order valence-electron chi connectivity index (χ4n) is 1.79. The van der Waals surface area contributed by atoms with Crippen LogP contribution < -0.4 is 9.47 Å². The molecule has 1 aromatic carbocycles. The van der Waals surface area contributed by atoms with Crippen molar-refractivity contribution < 1.29 is 29.0 Å². The average Bonchev–Trinajstić information content (AvgIpc) is 2.87. The normalized spacial score (nSPS) is 13.3. The highest BCUT2D eigenvalue weighted by Crippen LogP contribution is 2.40. The molecule has 0 atom stereocenters. The molecule has 2 heterocycles. The summed E-state index contributed by atoms with van der Waals surface area (Å²) in [5.41, 5.74) is 0.535. The van der Waals surface area contributed by atoms with Crippen LogP contribution in [0.25, 0.3) is 11.3 Å². The molecule has 2 aromatic rings. The van der Waals surface area contributed by atoms with Crippen LogP contribution in [0, 0.1) is 0 Å². The van der Waals surface area contributed by atoms with E-state index in [0.717, 1.165) is 0 Å². The molecule has 7 heteroatoms. The van der Waals surface area contributed by atoms with Gasteiger partial charge in [-0.2, -0.15) is 0 Å². The molecule has 0 aliphatic carbocycles. The number of aromatic carboxylic acids is 1. The summed E-state index contributed by atoms with van der Waals surface area (Å²) >= 11 is 0. The molecule has 7 nitrogen and oxygen atoms in total. The van der Waals surface area contributed by atoms with E-state index >= 15 is 0 Å². The van der Waals surface area contributed by atoms with Gasteiger partial charge in [0.1, 0.15) is 24.7 Å². The lowest BCUT2D eigenvalue weighted by atomic mass is 10.1. The molecule has 0 saturated heterocycles. The first kappa shape index (κ1) is 11.4. The van der Waals surface area contributed by atoms with Crippen LogP contribution in [0.15, 0.2) is 22.7 Å². The van der Waals surface area contributed by atoms with E-state index in [1.54, 1.807) is 0 Å². The number of fused-ring (bicyclic) bond motifs is 1. The van der Waals surface area contributed by atoms with E-state index in [2.05, 4.69) is 9.68 Å². The van der Waals surface area contributed by atoms with Crippen LogP contribution in [-0.4, -0.2) is 34.6 Å². The number of aromatic hydroxyl groups is 1. The van der Waals surface area contributed by atoms with Gasteiger partial charge in [-0.3, -0.25) is 0 Å². The Hall–Kier alpha value is -2.70. The van der Waals surface area contributed by atoms with Crippen LogP contribution in [0.3, 0.4) is 0 Å². The number of aromatic nitrogens is 1. The number of phenols is 1. The quantitative estimate of drug-likeness (QED) is 0.846. The maximum Gasteiger partial charge on any atom is 0.374 e. The molecule has 2 N–H and O–H groups in total. The summed E-state index contributed by atoms with van der Waals surface area (Å²) in [5, 5.41) is 22.3. The lowest BCUT2D eigenvalue weighted by Gasteiger charge is -2.19. The lowest BCUT2D eigenvalue weighted by molar-refractivity contribution is 0.0652. The number of carboxylic acids is 1. The maximum atomic E-state index is 10.7. The zero-order valence-corrected chi connectivity index (χ0v) is 9.62. The highest BCUT2D eigenvalue weighted by atomic mass is 16.6. The maximum absolute atomic E-state index is 10.7. The second-order valence-corrected chi connectivity index (χ2v) is 3.89. The van der Waals surface area contributed by atoms with Gasteiger partial charge in [-0.1, -0.05) is 5.16 Å². The van der Waals surface area contributed by atoms with Gasteiger partial charge in [0.25, 0.3) is 0 Å². The summed E-state index contributed by atoms with van der Waals surface area (Å²) in [6.45, 7) is 0.829. The van der Waals surface area contributed by atoms with Gasteiger partial charge in [0.05, 0.1) is 0 Å². The van der Waals surface area contributed by atoms with Gasteiger partial charge < -0.3 is 24.2 Å². The predicted octanol–water partition coefficient (Wildman–Crippen LogP) is 1.52. The van der Waals surface area contributed by atoms with Crippen LogP contribution in [-0.2, 0) is 0 Å². The van der Waals surface area contributed by atoms with Crippen LogP contribution in [0.4, 0.5) is 0 Å². The van der Waals surface area contributed by atoms with Crippen molar-refractivity contribution in [1.29, 1.82) is 0 Å². The van der Waals surface area contributed by atoms with E-state index < -0.39 is 5.97 Å². The molecule has 0 saturated carbocycles. The zero-order chi connectivity index (χ0) is 13.4. The highest BCUT2D eigenvalue weighted by Gasteiger charge is 2.20. The molecule has 0 fully saturated rings. The third-order valence-corrected chi connectivity index (χ3v) is 2.66. The average molecular weight is 263 g/mol. The SMILES string of the molecule is O=C(O)c1cc(-c2cc3c(cc2O)OCCO3)no1. The van der Waals surface area contributed by atoms with Crippen molar-refractivity contribution in [3.05, 3.63) is 24.0 Å². The third kappa shape index (κ3) is 1.95. The molecule has 98 valence electrons. The van der Waals surface area contributed by atoms with Crippen molar-refractivity contribution in [3.8, 4) is 28.5 Å². The number of rotatable bonds is 2. The van der Waals surface area contributed by atoms with Gasteiger partial charge in [0.2, 0.25) is 5.76 Å². The molecular formula is C12H9NO6. The predicted molar refractivity (Wildman–Crippen MR) is 61.6 cm³/mol. The van der Waals surface area contributed by atoms with Gasteiger partial charge in [-0.05, 0) is 6.07 Å². The summed E-state index contributed by atoms with van der Waals surface area (Å²) in [6.07, 6.45) is 0. The van der Waals surface area contributed by atoms with Crippen LogP contribution >= 0.6 is 0 Å². The molecular weight excluding hydrogens is 254 g/mol. The molecule has 0 radical (unpaired) electrons. The van der Waals surface area contributed by atoms with Crippen molar-refractivity contribution in [1.82, 2.24) is 5.16 Å². The molecule has 0 bridgehead atoms. The molecule has 0 amide bonds. The van der Waals surface area contributed by atoms with E-state index in [4.69, 9.17) is 14.6 Å². The standard InChI is InChI=1S/C12H9NO6/c14-8-5-10-9(17-1-2-18-10)3-6(8)7-4-11(12(15)16)19-13-7/h3-5,14H,1-2H2,(H,15,16). The summed E-state index contributed by atoms with van der Waals surface area (Å²) in [7, 11) is 0. The Morgan fingerprint density at radius 3 is 2.47 bits per heavy atom. The van der Waals surface area contributed by atoms with Gasteiger partial charge in [0.15, 0.2) is 11.5 Å². The summed E-state index contributed by atoms with van der Waals surface area (Å²) < 4.78 is 15.3. The van der Waals surface area contributed by atoms with Gasteiger partial charge in [0, 0.05) is 17.7 Å². The fourth-order valence-corrected chi connectivity index (χ4v) is 1.79. The molecule has 1 aliphatic rings. The van der Waals surface area contributed by atoms with Crippen LogP contribution in [0.5, 0.6) is 17.2 Å². The minimum atomic E-state index is -1.23. The number of carboxylic acid groups (broad SMARTS) is 1. The zero-order valence-electron chi connectivity index (χ0n) is 9.62. The molecule has 1 aliphatic heterocycles. The number of hydrogen-bond donors (Lipinski definition) is 2. The minimum absolute atomic E-state index is 0.0884. The number of nitrogens with zero attached hydrogens (tertiary/aromatic N) is 1. The van der Waals surface area contributed by atoms with Crippen molar-refractivity contribution >= 4 is 5.97 Å². The Balaban J connectivity index is 2.06. The van der Waals surface area contributed by atoms with Crippen molar-refractivity contribution in [2.45, 2.75) is 0 Å². The van der Waals surface area contributed by atoms with Gasteiger partial charge >= 0.3 is 5.97 Å². The van der Waals surface area contributed by atoms with Crippen LogP contribution in [0.1, 0.15) is 10.6 Å². The van der Waals surface area contributed by atoms with Crippen molar-refractivity contribution in [2.24, 2.45) is 0 Å². The largest absolute Gasteiger partial charge is 0.507 e. The van der Waals surface area contributed by atoms with Crippen molar-refractivity contribution in [2.75, 3.05) is 13.2 Å². The van der Waals surface area contributed by atoms with E-state index in [0.29, 0.717) is 30.3 Å². The minimum Gasteiger partial charge on any atom is -0.507 e. The molecule has 0 spiro atoms. The Bertz CT molecular complexity index is 648. The Kier molecular flexibility index (Phi) is 2.52. The van der Waals surface area contributed by atoms with Crippen LogP contribution in [0.2, 0.25) is 0 Å². The second kappa shape index (κ2) is 4.20. The first-order chi connectivity index (χ1) is 9.15. The number of carbonyl (C=O) groups is 1. The Morgan fingerprint density at radius 2 is 1.84 bits per heavy atom. The summed E-state index contributed by atoms with van der Waals surface area (Å²) in [4.78, 5) is 10.7. The van der Waals surface area contributed by atoms with E-state index in [9.17, 15) is 9.90 Å². The smallest absolute Gasteiger partial charge is 0.374 e. The number of hydrogen-bond acceptors (Lipinski definition) is 6. The molecule has 0 unspecified atom stereocenters. The molecule has 3 rings (SSSR count). The topological polar surface area (TPSA) is 102 Å². The van der Waals surface area contributed by atoms with E-state index in [1.807, 2.05) is 0 Å². The number of benzene rings is 1. The Labute approximate surface area is 107 Å². The fraction of sp³-hybridized carbons (Fsp3) is 0.167. The lowest BCUT2D eigenvalue weighted by Crippen LogP contribution is -2.15. The number of ether oxygens (including phenoxy) is 2. The first-order valence-corrected chi connectivity index (χ1v) is 5.48. The summed E-state index contributed by atoms with van der Waals surface area (Å²) in [5.74, 6) is -0.706. The van der Waals surface area contributed by atoms with E-state index in [-0.39, 0.29) is 17.2 Å². The highest BCUT2D eigenvalue weighted by molar-refractivity contribution is 5.86. The Morgan fingerprint density at radius 1 is 1.16 bits per heavy atom. The number of phenolic OH excluding ortho intramolecular Hbond substituents is 1. The van der Waals surface area contributed by atoms with Gasteiger partial charge in [-0.25, -0.2) is 4.79 Å². The third-order valence-electron chi connectivity index (χ3n) is 2.66. The monoisotopic (exact) mass is 263 g/mol. The second-order valence-electron chi connectivity index (χ2n) is 3.89. The molecule has 19 heavy (non-hydrogen) atoms. The summed E-state index contributed by atoms with van der Waals surface area (Å²) in [6, 6.07) is 4.17. The van der Waals surface area contributed by atoms with Crippen molar-refractivity contribution in [3.63, 3.8) is 0 Å². The van der Waals surface area contributed by atoms with Gasteiger partial charge in [-0.15, -0.1) is 0 Å². The first-order valence-electron chi connectivity index (χ1n) is 5.48. The molecule has 1 aromatic heterocycles. The van der Waals surface area contributed by atoms with E-state index in [1.165, 1.54) is 18.2 Å².